The van der Waals surface area contributed by atoms with Crippen LogP contribution in [0.2, 0.25) is 0 Å². The van der Waals surface area contributed by atoms with Gasteiger partial charge in [-0.15, -0.1) is 0 Å². The van der Waals surface area contributed by atoms with Crippen molar-refractivity contribution in [2.45, 2.75) is 6.42 Å². The zero-order chi connectivity index (χ0) is 13.0. The molecule has 0 bridgehead atoms. The van der Waals surface area contributed by atoms with Gasteiger partial charge in [0.25, 0.3) is 0 Å². The number of pyridine rings is 1. The SMILES string of the molecule is Cn1ccnc1CCNc1ccc(C(N)=S)nc1. The van der Waals surface area contributed by atoms with Crippen molar-refractivity contribution < 1.29 is 0 Å². The lowest BCUT2D eigenvalue weighted by molar-refractivity contribution is 0.789. The van der Waals surface area contributed by atoms with Gasteiger partial charge in [-0.1, -0.05) is 12.2 Å². The standard InChI is InChI=1S/C12H15N5S/c1-17-7-6-15-11(17)4-5-14-9-2-3-10(12(13)18)16-8-9/h2-3,6-8,14H,4-5H2,1H3,(H2,13,18). The molecule has 2 heterocycles. The fourth-order valence-corrected chi connectivity index (χ4v) is 1.72. The summed E-state index contributed by atoms with van der Waals surface area (Å²) < 4.78 is 2.01. The molecule has 2 aromatic heterocycles. The van der Waals surface area contributed by atoms with Crippen LogP contribution in [0, 0.1) is 0 Å². The fraction of sp³-hybridized carbons (Fsp3) is 0.250. The molecule has 0 amide bonds. The minimum atomic E-state index is 0.314. The van der Waals surface area contributed by atoms with Crippen molar-refractivity contribution in [3.05, 3.63) is 42.2 Å². The summed E-state index contributed by atoms with van der Waals surface area (Å²) in [6.45, 7) is 0.805. The van der Waals surface area contributed by atoms with E-state index in [9.17, 15) is 0 Å². The van der Waals surface area contributed by atoms with E-state index in [0.717, 1.165) is 24.5 Å². The predicted octanol–water partition coefficient (Wildman–Crippen LogP) is 1.10. The second-order valence-corrected chi connectivity index (χ2v) is 4.37. The number of hydrogen-bond donors (Lipinski definition) is 2. The third-order valence-electron chi connectivity index (χ3n) is 2.61. The number of anilines is 1. The van der Waals surface area contributed by atoms with Crippen LogP contribution in [0.15, 0.2) is 30.7 Å². The van der Waals surface area contributed by atoms with Crippen LogP contribution in [-0.2, 0) is 13.5 Å². The summed E-state index contributed by atoms with van der Waals surface area (Å²) in [6.07, 6.45) is 6.33. The topological polar surface area (TPSA) is 68.8 Å². The fourth-order valence-electron chi connectivity index (χ4n) is 1.60. The number of imidazole rings is 1. The summed E-state index contributed by atoms with van der Waals surface area (Å²) in [5.41, 5.74) is 7.07. The Bertz CT molecular complexity index is 532. The average molecular weight is 261 g/mol. The monoisotopic (exact) mass is 261 g/mol. The van der Waals surface area contributed by atoms with Gasteiger partial charge >= 0.3 is 0 Å². The highest BCUT2D eigenvalue weighted by atomic mass is 32.1. The van der Waals surface area contributed by atoms with Crippen LogP contribution in [0.5, 0.6) is 0 Å². The van der Waals surface area contributed by atoms with E-state index in [1.54, 1.807) is 12.4 Å². The van der Waals surface area contributed by atoms with Gasteiger partial charge in [-0.25, -0.2) is 4.98 Å². The Kier molecular flexibility index (Phi) is 3.88. The maximum atomic E-state index is 5.48. The highest BCUT2D eigenvalue weighted by Gasteiger charge is 2.00. The number of hydrogen-bond acceptors (Lipinski definition) is 4. The Hall–Kier alpha value is -1.95. The molecular formula is C12H15N5S. The van der Waals surface area contributed by atoms with E-state index >= 15 is 0 Å². The van der Waals surface area contributed by atoms with Crippen LogP contribution in [0.3, 0.4) is 0 Å². The third kappa shape index (κ3) is 3.04. The molecule has 0 atom stereocenters. The molecule has 0 aliphatic rings. The van der Waals surface area contributed by atoms with E-state index in [-0.39, 0.29) is 0 Å². The Morgan fingerprint density at radius 1 is 1.44 bits per heavy atom. The number of aromatic nitrogens is 3. The highest BCUT2D eigenvalue weighted by Crippen LogP contribution is 2.06. The molecule has 0 saturated heterocycles. The van der Waals surface area contributed by atoms with Crippen LogP contribution in [0.25, 0.3) is 0 Å². The number of nitrogens with one attached hydrogen (secondary N) is 1. The summed E-state index contributed by atoms with van der Waals surface area (Å²) in [5.74, 6) is 1.05. The lowest BCUT2D eigenvalue weighted by atomic mass is 10.3. The highest BCUT2D eigenvalue weighted by molar-refractivity contribution is 7.80. The number of aryl methyl sites for hydroxylation is 1. The van der Waals surface area contributed by atoms with E-state index in [1.165, 1.54) is 0 Å². The first-order chi connectivity index (χ1) is 8.66. The van der Waals surface area contributed by atoms with Crippen LogP contribution in [0.4, 0.5) is 5.69 Å². The molecule has 94 valence electrons. The number of nitrogens with two attached hydrogens (primary N) is 1. The Morgan fingerprint density at radius 3 is 2.83 bits per heavy atom. The van der Waals surface area contributed by atoms with E-state index in [4.69, 9.17) is 18.0 Å². The van der Waals surface area contributed by atoms with Crippen molar-refractivity contribution in [2.24, 2.45) is 12.8 Å². The minimum absolute atomic E-state index is 0.314. The second kappa shape index (κ2) is 5.59. The maximum absolute atomic E-state index is 5.48. The van der Waals surface area contributed by atoms with Crippen LogP contribution in [0.1, 0.15) is 11.5 Å². The van der Waals surface area contributed by atoms with Gasteiger partial charge in [0.05, 0.1) is 17.6 Å². The molecule has 0 saturated carbocycles. The molecule has 2 aromatic rings. The van der Waals surface area contributed by atoms with Crippen LogP contribution in [-0.4, -0.2) is 26.1 Å². The molecule has 0 aliphatic heterocycles. The van der Waals surface area contributed by atoms with Crippen LogP contribution >= 0.6 is 12.2 Å². The molecule has 0 aliphatic carbocycles. The van der Waals surface area contributed by atoms with Crippen molar-refractivity contribution in [2.75, 3.05) is 11.9 Å². The molecule has 0 radical (unpaired) electrons. The molecule has 2 rings (SSSR count). The molecule has 18 heavy (non-hydrogen) atoms. The summed E-state index contributed by atoms with van der Waals surface area (Å²) >= 11 is 4.84. The molecule has 0 spiro atoms. The summed E-state index contributed by atoms with van der Waals surface area (Å²) in [7, 11) is 1.99. The first-order valence-electron chi connectivity index (χ1n) is 5.63. The molecule has 5 nitrogen and oxygen atoms in total. The number of thiocarbonyl (C=S) groups is 1. The van der Waals surface area contributed by atoms with Crippen molar-refractivity contribution in [3.8, 4) is 0 Å². The molecule has 6 heteroatoms. The van der Waals surface area contributed by atoms with Gasteiger partial charge < -0.3 is 15.6 Å². The predicted molar refractivity (Wildman–Crippen MR) is 75.5 cm³/mol. The first kappa shape index (κ1) is 12.5. The van der Waals surface area contributed by atoms with Gasteiger partial charge in [-0.2, -0.15) is 0 Å². The molecule has 0 aromatic carbocycles. The zero-order valence-electron chi connectivity index (χ0n) is 10.1. The normalized spacial score (nSPS) is 10.3. The lowest BCUT2D eigenvalue weighted by Gasteiger charge is -2.06. The Labute approximate surface area is 111 Å². The van der Waals surface area contributed by atoms with Gasteiger partial charge in [0.15, 0.2) is 0 Å². The van der Waals surface area contributed by atoms with Crippen LogP contribution < -0.4 is 11.1 Å². The quantitative estimate of drug-likeness (QED) is 0.789. The van der Waals surface area contributed by atoms with Crippen molar-refractivity contribution >= 4 is 22.9 Å². The van der Waals surface area contributed by atoms with E-state index in [0.29, 0.717) is 10.7 Å². The summed E-state index contributed by atoms with van der Waals surface area (Å²) in [5, 5.41) is 3.28. The van der Waals surface area contributed by atoms with E-state index < -0.39 is 0 Å². The zero-order valence-corrected chi connectivity index (χ0v) is 10.9. The summed E-state index contributed by atoms with van der Waals surface area (Å²) in [6, 6.07) is 3.73. The van der Waals surface area contributed by atoms with Crippen molar-refractivity contribution in [1.29, 1.82) is 0 Å². The third-order valence-corrected chi connectivity index (χ3v) is 2.82. The lowest BCUT2D eigenvalue weighted by Crippen LogP contribution is -2.12. The largest absolute Gasteiger partial charge is 0.388 e. The molecule has 3 N–H and O–H groups in total. The van der Waals surface area contributed by atoms with E-state index in [2.05, 4.69) is 15.3 Å². The van der Waals surface area contributed by atoms with E-state index in [1.807, 2.05) is 29.9 Å². The smallest absolute Gasteiger partial charge is 0.122 e. The number of rotatable bonds is 5. The minimum Gasteiger partial charge on any atom is -0.388 e. The Morgan fingerprint density at radius 2 is 2.28 bits per heavy atom. The van der Waals surface area contributed by atoms with Gasteiger partial charge in [-0.3, -0.25) is 4.98 Å². The van der Waals surface area contributed by atoms with Crippen molar-refractivity contribution in [1.82, 2.24) is 14.5 Å². The molecular weight excluding hydrogens is 246 g/mol. The van der Waals surface area contributed by atoms with Crippen molar-refractivity contribution in [3.63, 3.8) is 0 Å². The van der Waals surface area contributed by atoms with Gasteiger partial charge in [0, 0.05) is 32.4 Å². The van der Waals surface area contributed by atoms with Gasteiger partial charge in [-0.05, 0) is 12.1 Å². The Balaban J connectivity index is 1.87. The number of nitrogens with zero attached hydrogens (tertiary/aromatic N) is 3. The summed E-state index contributed by atoms with van der Waals surface area (Å²) in [4.78, 5) is 8.73. The molecule has 0 fully saturated rings. The first-order valence-corrected chi connectivity index (χ1v) is 6.03. The van der Waals surface area contributed by atoms with Gasteiger partial charge in [0.1, 0.15) is 10.8 Å². The molecule has 0 unspecified atom stereocenters. The maximum Gasteiger partial charge on any atom is 0.122 e. The second-order valence-electron chi connectivity index (χ2n) is 3.93. The average Bonchev–Trinajstić information content (AvgIpc) is 2.76. The van der Waals surface area contributed by atoms with Gasteiger partial charge in [0.2, 0.25) is 0 Å².